The fourth-order valence-corrected chi connectivity index (χ4v) is 7.25. The smallest absolute Gasteiger partial charge is 0.160 e. The highest BCUT2D eigenvalue weighted by Gasteiger charge is 2.19. The summed E-state index contributed by atoms with van der Waals surface area (Å²) >= 11 is 0. The highest BCUT2D eigenvalue weighted by atomic mass is 16.3. The minimum Gasteiger partial charge on any atom is -0.455 e. The molecular weight excluding hydrogens is 611 g/mol. The Morgan fingerprint density at radius 1 is 0.400 bits per heavy atom. The second kappa shape index (κ2) is 11.4. The van der Waals surface area contributed by atoms with E-state index in [2.05, 4.69) is 132 Å². The van der Waals surface area contributed by atoms with Crippen LogP contribution < -0.4 is 0 Å². The Labute approximate surface area is 288 Å². The number of para-hydroxylation sites is 2. The summed E-state index contributed by atoms with van der Waals surface area (Å²) in [5.41, 5.74) is 12.1. The topological polar surface area (TPSA) is 43.9 Å². The first-order chi connectivity index (χ1) is 24.8. The molecule has 3 aromatic heterocycles. The van der Waals surface area contributed by atoms with Crippen molar-refractivity contribution in [2.24, 2.45) is 0 Å². The molecule has 7 aromatic carbocycles. The van der Waals surface area contributed by atoms with Crippen LogP contribution in [0.2, 0.25) is 0 Å². The molecule has 0 amide bonds. The SMILES string of the molecule is c1ccc(-c2cc(-c3ccccc3)nc(-c3ccc4c5ccccc5n(-c5cc(-c6ccccc6)c6oc7ccccc7c6c5)c4c3)n2)cc1. The average Bonchev–Trinajstić information content (AvgIpc) is 3.74. The first-order valence-corrected chi connectivity index (χ1v) is 16.8. The quantitative estimate of drug-likeness (QED) is 0.188. The van der Waals surface area contributed by atoms with E-state index >= 15 is 0 Å². The third-order valence-electron chi connectivity index (χ3n) is 9.60. The van der Waals surface area contributed by atoms with E-state index in [-0.39, 0.29) is 0 Å². The van der Waals surface area contributed by atoms with Crippen LogP contribution >= 0.6 is 0 Å². The molecule has 0 saturated heterocycles. The van der Waals surface area contributed by atoms with Crippen LogP contribution in [0.15, 0.2) is 180 Å². The fraction of sp³-hybridized carbons (Fsp3) is 0. The number of rotatable bonds is 5. The minimum atomic E-state index is 0.685. The first kappa shape index (κ1) is 28.3. The Hall–Kier alpha value is -6.78. The summed E-state index contributed by atoms with van der Waals surface area (Å²) in [7, 11) is 0. The zero-order chi connectivity index (χ0) is 33.0. The Morgan fingerprint density at radius 2 is 0.980 bits per heavy atom. The van der Waals surface area contributed by atoms with E-state index in [9.17, 15) is 0 Å². The molecule has 0 atom stereocenters. The predicted octanol–water partition coefficient (Wildman–Crippen LogP) is 12.1. The Morgan fingerprint density at radius 3 is 1.68 bits per heavy atom. The van der Waals surface area contributed by atoms with Crippen molar-refractivity contribution in [3.63, 3.8) is 0 Å². The molecule has 0 aliphatic heterocycles. The zero-order valence-corrected chi connectivity index (χ0v) is 27.0. The van der Waals surface area contributed by atoms with Gasteiger partial charge in [0.2, 0.25) is 0 Å². The van der Waals surface area contributed by atoms with Gasteiger partial charge in [-0.1, -0.05) is 140 Å². The number of hydrogen-bond donors (Lipinski definition) is 0. The summed E-state index contributed by atoms with van der Waals surface area (Å²) in [5.74, 6) is 0.685. The molecule has 0 spiro atoms. The molecule has 0 bridgehead atoms. The van der Waals surface area contributed by atoms with Crippen LogP contribution in [0.4, 0.5) is 0 Å². The minimum absolute atomic E-state index is 0.685. The molecule has 0 fully saturated rings. The molecule has 10 aromatic rings. The van der Waals surface area contributed by atoms with E-state index in [4.69, 9.17) is 14.4 Å². The van der Waals surface area contributed by atoms with Gasteiger partial charge in [-0.3, -0.25) is 0 Å². The molecule has 4 nitrogen and oxygen atoms in total. The molecule has 0 aliphatic carbocycles. The van der Waals surface area contributed by atoms with Gasteiger partial charge >= 0.3 is 0 Å². The number of fused-ring (bicyclic) bond motifs is 6. The standard InChI is InChI=1S/C46H29N3O/c1-4-14-30(15-5-1)38-27-34(28-39-37-21-11-13-23-44(37)50-45(38)39)49-42-22-12-10-20-35(42)36-25-24-33(26-43(36)49)46-47-40(31-16-6-2-7-17-31)29-41(48-46)32-18-8-3-9-19-32/h1-29H. The summed E-state index contributed by atoms with van der Waals surface area (Å²) in [6.45, 7) is 0. The molecule has 234 valence electrons. The Bertz CT molecular complexity index is 2800. The van der Waals surface area contributed by atoms with Crippen LogP contribution in [0.3, 0.4) is 0 Å². The lowest BCUT2D eigenvalue weighted by atomic mass is 10.0. The van der Waals surface area contributed by atoms with Gasteiger partial charge in [0.1, 0.15) is 11.2 Å². The summed E-state index contributed by atoms with van der Waals surface area (Å²) in [4.78, 5) is 10.3. The van der Waals surface area contributed by atoms with Crippen molar-refractivity contribution < 1.29 is 4.42 Å². The summed E-state index contributed by atoms with van der Waals surface area (Å²) in [6.07, 6.45) is 0. The van der Waals surface area contributed by atoms with Crippen molar-refractivity contribution in [3.8, 4) is 50.7 Å². The molecule has 0 aliphatic rings. The highest BCUT2D eigenvalue weighted by Crippen LogP contribution is 2.41. The van der Waals surface area contributed by atoms with E-state index in [0.29, 0.717) is 5.82 Å². The van der Waals surface area contributed by atoms with E-state index < -0.39 is 0 Å². The van der Waals surface area contributed by atoms with Crippen LogP contribution in [0.5, 0.6) is 0 Å². The van der Waals surface area contributed by atoms with Gasteiger partial charge in [-0.15, -0.1) is 0 Å². The van der Waals surface area contributed by atoms with Crippen molar-refractivity contribution in [2.75, 3.05) is 0 Å². The number of benzene rings is 7. The Kier molecular flexibility index (Phi) is 6.46. The van der Waals surface area contributed by atoms with Gasteiger partial charge in [0, 0.05) is 49.5 Å². The van der Waals surface area contributed by atoms with Crippen molar-refractivity contribution in [2.45, 2.75) is 0 Å². The van der Waals surface area contributed by atoms with Gasteiger partial charge < -0.3 is 8.98 Å². The van der Waals surface area contributed by atoms with Crippen LogP contribution in [0.1, 0.15) is 0 Å². The van der Waals surface area contributed by atoms with Gasteiger partial charge in [0.15, 0.2) is 5.82 Å². The number of hydrogen-bond acceptors (Lipinski definition) is 3. The van der Waals surface area contributed by atoms with Crippen molar-refractivity contribution in [1.29, 1.82) is 0 Å². The molecule has 0 unspecified atom stereocenters. The van der Waals surface area contributed by atoms with Gasteiger partial charge in [-0.2, -0.15) is 0 Å². The van der Waals surface area contributed by atoms with Crippen LogP contribution in [0.25, 0.3) is 94.5 Å². The molecule has 50 heavy (non-hydrogen) atoms. The largest absolute Gasteiger partial charge is 0.455 e. The van der Waals surface area contributed by atoms with Gasteiger partial charge in [-0.25, -0.2) is 9.97 Å². The zero-order valence-electron chi connectivity index (χ0n) is 27.0. The predicted molar refractivity (Wildman–Crippen MR) is 205 cm³/mol. The third-order valence-corrected chi connectivity index (χ3v) is 9.60. The molecule has 0 saturated carbocycles. The maximum atomic E-state index is 6.53. The fourth-order valence-electron chi connectivity index (χ4n) is 7.25. The monoisotopic (exact) mass is 639 g/mol. The molecule has 3 heterocycles. The van der Waals surface area contributed by atoms with E-state index in [0.717, 1.165) is 77.9 Å². The van der Waals surface area contributed by atoms with Gasteiger partial charge in [0.25, 0.3) is 0 Å². The molecular formula is C46H29N3O. The maximum absolute atomic E-state index is 6.53. The maximum Gasteiger partial charge on any atom is 0.160 e. The molecule has 10 rings (SSSR count). The van der Waals surface area contributed by atoms with E-state index in [1.54, 1.807) is 0 Å². The van der Waals surface area contributed by atoms with Crippen molar-refractivity contribution in [1.82, 2.24) is 14.5 Å². The summed E-state index contributed by atoms with van der Waals surface area (Å²) < 4.78 is 8.91. The highest BCUT2D eigenvalue weighted by molar-refractivity contribution is 6.13. The van der Waals surface area contributed by atoms with E-state index in [1.807, 2.05) is 48.5 Å². The Balaban J connectivity index is 1.25. The average molecular weight is 640 g/mol. The number of aromatic nitrogens is 3. The first-order valence-electron chi connectivity index (χ1n) is 16.8. The number of furan rings is 1. The number of nitrogens with zero attached hydrogens (tertiary/aromatic N) is 3. The second-order valence-electron chi connectivity index (χ2n) is 12.6. The second-order valence-corrected chi connectivity index (χ2v) is 12.6. The summed E-state index contributed by atoms with van der Waals surface area (Å²) in [5, 5.41) is 4.55. The van der Waals surface area contributed by atoms with Crippen LogP contribution in [-0.2, 0) is 0 Å². The van der Waals surface area contributed by atoms with Crippen LogP contribution in [0, 0.1) is 0 Å². The molecule has 0 N–H and O–H groups in total. The van der Waals surface area contributed by atoms with E-state index in [1.165, 1.54) is 10.8 Å². The summed E-state index contributed by atoms with van der Waals surface area (Å²) in [6, 6.07) is 61.3. The van der Waals surface area contributed by atoms with Crippen LogP contribution in [-0.4, -0.2) is 14.5 Å². The lowest BCUT2D eigenvalue weighted by Gasteiger charge is -2.13. The third kappa shape index (κ3) is 4.61. The lowest BCUT2D eigenvalue weighted by Crippen LogP contribution is -1.97. The van der Waals surface area contributed by atoms with Gasteiger partial charge in [-0.05, 0) is 42.0 Å². The van der Waals surface area contributed by atoms with Gasteiger partial charge in [0.05, 0.1) is 22.4 Å². The lowest BCUT2D eigenvalue weighted by molar-refractivity contribution is 0.670. The van der Waals surface area contributed by atoms with Crippen molar-refractivity contribution in [3.05, 3.63) is 176 Å². The van der Waals surface area contributed by atoms with Crippen molar-refractivity contribution >= 4 is 43.7 Å². The molecule has 0 radical (unpaired) electrons. The molecule has 4 heteroatoms. The normalized spacial score (nSPS) is 11.6.